The van der Waals surface area contributed by atoms with Crippen LogP contribution >= 0.6 is 0 Å². The predicted octanol–water partition coefficient (Wildman–Crippen LogP) is 1.62. The van der Waals surface area contributed by atoms with Crippen LogP contribution in [0.25, 0.3) is 0 Å². The Hall–Kier alpha value is -0.593. The molecule has 2 atom stereocenters. The van der Waals surface area contributed by atoms with Gasteiger partial charge in [0, 0.05) is 13.1 Å². The smallest absolute Gasteiger partial charge is 0.405 e. The number of amides is 1. The second-order valence-electron chi connectivity index (χ2n) is 6.13. The molecule has 1 saturated heterocycles. The number of carbonyl (C=O) groups is 1. The third kappa shape index (κ3) is 3.69. The second-order valence-corrected chi connectivity index (χ2v) is 10.9. The molecule has 1 amide bonds. The lowest BCUT2D eigenvalue weighted by molar-refractivity contribution is 0.152. The Balaban J connectivity index is 2.64. The largest absolute Gasteiger partial charge is 0.465 e. The maximum absolute atomic E-state index is 10.7. The summed E-state index contributed by atoms with van der Waals surface area (Å²) in [5.74, 6) is 0. The molecule has 1 aliphatic rings. The minimum Gasteiger partial charge on any atom is -0.465 e. The molecule has 0 aliphatic carbocycles. The molecule has 1 aliphatic heterocycles. The molecular formula is C11H24N2O3Si. The Labute approximate surface area is 104 Å². The van der Waals surface area contributed by atoms with E-state index in [1.807, 2.05) is 0 Å². The van der Waals surface area contributed by atoms with E-state index in [0.29, 0.717) is 6.54 Å². The van der Waals surface area contributed by atoms with E-state index in [1.54, 1.807) is 0 Å². The van der Waals surface area contributed by atoms with Gasteiger partial charge in [-0.05, 0) is 18.1 Å². The highest BCUT2D eigenvalue weighted by molar-refractivity contribution is 6.74. The van der Waals surface area contributed by atoms with Gasteiger partial charge in [-0.2, -0.15) is 0 Å². The topological polar surface area (TPSA) is 70.6 Å². The van der Waals surface area contributed by atoms with E-state index < -0.39 is 14.4 Å². The molecule has 1 heterocycles. The van der Waals surface area contributed by atoms with Crippen molar-refractivity contribution in [2.75, 3.05) is 13.1 Å². The molecule has 0 radical (unpaired) electrons. The zero-order valence-electron chi connectivity index (χ0n) is 11.3. The molecule has 1 rings (SSSR count). The first-order valence-electron chi connectivity index (χ1n) is 6.01. The molecule has 0 bridgehead atoms. The maximum Gasteiger partial charge on any atom is 0.405 e. The van der Waals surface area contributed by atoms with Gasteiger partial charge in [0.15, 0.2) is 8.32 Å². The van der Waals surface area contributed by atoms with Crippen molar-refractivity contribution in [3.05, 3.63) is 0 Å². The summed E-state index contributed by atoms with van der Waals surface area (Å²) in [6, 6.07) is -0.137. The van der Waals surface area contributed by atoms with E-state index in [2.05, 4.69) is 44.5 Å². The fraction of sp³-hybridized carbons (Fsp3) is 0.909. The van der Waals surface area contributed by atoms with Crippen LogP contribution < -0.4 is 10.6 Å². The summed E-state index contributed by atoms with van der Waals surface area (Å²) in [6.45, 7) is 12.3. The van der Waals surface area contributed by atoms with Crippen molar-refractivity contribution in [2.24, 2.45) is 0 Å². The minimum atomic E-state index is -1.84. The molecular weight excluding hydrogens is 236 g/mol. The SMILES string of the molecule is CC(C)(C)[Si](C)(C)O[C@H]1CNC[C@H]1NC(=O)O. The van der Waals surface area contributed by atoms with E-state index in [0.717, 1.165) is 6.54 Å². The predicted molar refractivity (Wildman–Crippen MR) is 69.9 cm³/mol. The third-order valence-corrected chi connectivity index (χ3v) is 8.22. The van der Waals surface area contributed by atoms with Crippen LogP contribution in [0.4, 0.5) is 4.79 Å². The van der Waals surface area contributed by atoms with Gasteiger partial charge in [-0.15, -0.1) is 0 Å². The number of hydrogen-bond donors (Lipinski definition) is 3. The summed E-state index contributed by atoms with van der Waals surface area (Å²) in [6.07, 6.45) is -1.03. The first kappa shape index (κ1) is 14.5. The van der Waals surface area contributed by atoms with Crippen LogP contribution in [0.15, 0.2) is 0 Å². The molecule has 6 heteroatoms. The van der Waals surface area contributed by atoms with E-state index in [1.165, 1.54) is 0 Å². The van der Waals surface area contributed by atoms with Gasteiger partial charge in [-0.1, -0.05) is 20.8 Å². The Bertz CT molecular complexity index is 289. The second kappa shape index (κ2) is 4.95. The summed E-state index contributed by atoms with van der Waals surface area (Å²) in [5.41, 5.74) is 0. The lowest BCUT2D eigenvalue weighted by Crippen LogP contribution is -2.51. The molecule has 17 heavy (non-hydrogen) atoms. The highest BCUT2D eigenvalue weighted by atomic mass is 28.4. The number of hydrogen-bond acceptors (Lipinski definition) is 3. The zero-order valence-corrected chi connectivity index (χ0v) is 12.3. The molecule has 0 spiro atoms. The van der Waals surface area contributed by atoms with Crippen molar-refractivity contribution < 1.29 is 14.3 Å². The fourth-order valence-electron chi connectivity index (χ4n) is 1.64. The van der Waals surface area contributed by atoms with E-state index in [-0.39, 0.29) is 17.2 Å². The standard InChI is InChI=1S/C11H24N2O3Si/c1-11(2,3)17(4,5)16-9-7-12-6-8(9)13-10(14)15/h8-9,12-13H,6-7H2,1-5H3,(H,14,15)/t8-,9+/m1/s1. The van der Waals surface area contributed by atoms with Crippen LogP contribution in [0, 0.1) is 0 Å². The quantitative estimate of drug-likeness (QED) is 0.674. The molecule has 1 fully saturated rings. The lowest BCUT2D eigenvalue weighted by atomic mass is 10.2. The maximum atomic E-state index is 10.7. The zero-order chi connectivity index (χ0) is 13.3. The van der Waals surface area contributed by atoms with Crippen molar-refractivity contribution in [1.29, 1.82) is 0 Å². The molecule has 0 saturated carbocycles. The van der Waals surface area contributed by atoms with Crippen LogP contribution in [0.2, 0.25) is 18.1 Å². The highest BCUT2D eigenvalue weighted by Gasteiger charge is 2.42. The van der Waals surface area contributed by atoms with Gasteiger partial charge in [0.05, 0.1) is 12.1 Å². The molecule has 0 aromatic heterocycles. The first-order chi connectivity index (χ1) is 7.63. The Kier molecular flexibility index (Phi) is 4.22. The summed E-state index contributed by atoms with van der Waals surface area (Å²) in [4.78, 5) is 10.7. The van der Waals surface area contributed by atoms with Gasteiger partial charge in [0.1, 0.15) is 0 Å². The van der Waals surface area contributed by atoms with Crippen molar-refractivity contribution in [2.45, 2.75) is 51.0 Å². The van der Waals surface area contributed by atoms with Crippen LogP contribution in [-0.4, -0.2) is 44.8 Å². The lowest BCUT2D eigenvalue weighted by Gasteiger charge is -2.39. The van der Waals surface area contributed by atoms with Crippen molar-refractivity contribution in [3.8, 4) is 0 Å². The molecule has 3 N–H and O–H groups in total. The molecule has 5 nitrogen and oxygen atoms in total. The third-order valence-electron chi connectivity index (χ3n) is 3.72. The molecule has 0 aromatic carbocycles. The van der Waals surface area contributed by atoms with Crippen LogP contribution in [0.3, 0.4) is 0 Å². The molecule has 0 unspecified atom stereocenters. The summed E-state index contributed by atoms with van der Waals surface area (Å²) in [5, 5.41) is 14.6. The monoisotopic (exact) mass is 260 g/mol. The van der Waals surface area contributed by atoms with Gasteiger partial charge in [0.2, 0.25) is 0 Å². The highest BCUT2D eigenvalue weighted by Crippen LogP contribution is 2.37. The van der Waals surface area contributed by atoms with E-state index >= 15 is 0 Å². The normalized spacial score (nSPS) is 25.9. The van der Waals surface area contributed by atoms with Gasteiger partial charge < -0.3 is 20.2 Å². The van der Waals surface area contributed by atoms with E-state index in [4.69, 9.17) is 9.53 Å². The Morgan fingerprint density at radius 2 is 2.00 bits per heavy atom. The van der Waals surface area contributed by atoms with Gasteiger partial charge >= 0.3 is 6.09 Å². The summed E-state index contributed by atoms with van der Waals surface area (Å²) >= 11 is 0. The average Bonchev–Trinajstić information content (AvgIpc) is 2.48. The summed E-state index contributed by atoms with van der Waals surface area (Å²) in [7, 11) is -1.84. The van der Waals surface area contributed by atoms with Crippen molar-refractivity contribution in [3.63, 3.8) is 0 Å². The van der Waals surface area contributed by atoms with Crippen LogP contribution in [-0.2, 0) is 4.43 Å². The minimum absolute atomic E-state index is 0.0491. The fourth-order valence-corrected chi connectivity index (χ4v) is 2.99. The van der Waals surface area contributed by atoms with Gasteiger partial charge in [-0.25, -0.2) is 4.79 Å². The van der Waals surface area contributed by atoms with Crippen molar-refractivity contribution >= 4 is 14.4 Å². The van der Waals surface area contributed by atoms with Gasteiger partial charge in [0.25, 0.3) is 0 Å². The summed E-state index contributed by atoms with van der Waals surface area (Å²) < 4.78 is 6.23. The number of nitrogens with one attached hydrogen (secondary N) is 2. The molecule has 100 valence electrons. The van der Waals surface area contributed by atoms with Gasteiger partial charge in [-0.3, -0.25) is 0 Å². The van der Waals surface area contributed by atoms with Crippen molar-refractivity contribution in [1.82, 2.24) is 10.6 Å². The van der Waals surface area contributed by atoms with Crippen LogP contribution in [0.1, 0.15) is 20.8 Å². The Morgan fingerprint density at radius 1 is 1.41 bits per heavy atom. The Morgan fingerprint density at radius 3 is 2.47 bits per heavy atom. The molecule has 0 aromatic rings. The van der Waals surface area contributed by atoms with Crippen LogP contribution in [0.5, 0.6) is 0 Å². The first-order valence-corrected chi connectivity index (χ1v) is 8.92. The average molecular weight is 260 g/mol. The number of carboxylic acid groups (broad SMARTS) is 1. The van der Waals surface area contributed by atoms with E-state index in [9.17, 15) is 4.79 Å². The number of rotatable bonds is 3.